The second-order valence-electron chi connectivity index (χ2n) is 11.6. The number of benzene rings is 1. The number of rotatable bonds is 18. The van der Waals surface area contributed by atoms with Crippen LogP contribution in [0, 0.1) is 0 Å². The van der Waals surface area contributed by atoms with E-state index in [1.807, 2.05) is 30.3 Å². The maximum Gasteiger partial charge on any atom is 0.407 e. The van der Waals surface area contributed by atoms with Crippen molar-refractivity contribution in [1.29, 1.82) is 0 Å². The number of esters is 4. The van der Waals surface area contributed by atoms with Crippen LogP contribution in [0.3, 0.4) is 0 Å². The molecule has 0 radical (unpaired) electrons. The van der Waals surface area contributed by atoms with Crippen LogP contribution in [-0.4, -0.2) is 125 Å². The Bertz CT molecular complexity index is 1330. The maximum atomic E-state index is 12.4. The molecule has 0 saturated carbocycles. The van der Waals surface area contributed by atoms with Crippen LogP contribution in [0.4, 0.5) is 9.59 Å². The predicted molar refractivity (Wildman–Crippen MR) is 172 cm³/mol. The summed E-state index contributed by atoms with van der Waals surface area (Å²) in [5, 5.41) is 2.57. The molecule has 2 amide bonds. The number of hydrogen-bond donors (Lipinski definition) is 2. The molecule has 1 aromatic carbocycles. The molecule has 19 heteroatoms. The third-order valence-electron chi connectivity index (χ3n) is 7.27. The number of nitrogens with two attached hydrogens (primary N) is 1. The molecule has 3 N–H and O–H groups in total. The molecular weight excluding hydrogens is 696 g/mol. The molecule has 3 rings (SSSR count). The highest BCUT2D eigenvalue weighted by Crippen LogP contribution is 2.33. The second-order valence-corrected chi connectivity index (χ2v) is 11.6. The number of carbonyl (C=O) groups is 6. The summed E-state index contributed by atoms with van der Waals surface area (Å²) in [7, 11) is 0. The summed E-state index contributed by atoms with van der Waals surface area (Å²) in [5.41, 5.74) is 6.08. The minimum Gasteiger partial charge on any atom is -0.463 e. The zero-order chi connectivity index (χ0) is 38.0. The molecule has 290 valence electrons. The van der Waals surface area contributed by atoms with Crippen molar-refractivity contribution in [3.63, 3.8) is 0 Å². The van der Waals surface area contributed by atoms with Crippen LogP contribution < -0.4 is 11.1 Å². The average molecular weight is 743 g/mol. The Kier molecular flexibility index (Phi) is 17.5. The van der Waals surface area contributed by atoms with Crippen molar-refractivity contribution in [3.8, 4) is 0 Å². The van der Waals surface area contributed by atoms with Crippen LogP contribution in [0.2, 0.25) is 0 Å². The Labute approximate surface area is 299 Å². The van der Waals surface area contributed by atoms with E-state index in [-0.39, 0.29) is 52.4 Å². The van der Waals surface area contributed by atoms with E-state index in [9.17, 15) is 28.8 Å². The van der Waals surface area contributed by atoms with Gasteiger partial charge >= 0.3 is 36.1 Å². The normalized spacial score (nSPS) is 25.5. The van der Waals surface area contributed by atoms with Crippen LogP contribution in [0.15, 0.2) is 30.3 Å². The van der Waals surface area contributed by atoms with Crippen molar-refractivity contribution in [3.05, 3.63) is 35.9 Å². The molecule has 2 aliphatic rings. The molecule has 0 bridgehead atoms. The van der Waals surface area contributed by atoms with E-state index in [2.05, 4.69) is 5.32 Å². The molecule has 0 unspecified atom stereocenters. The first kappa shape index (κ1) is 41.9. The van der Waals surface area contributed by atoms with E-state index >= 15 is 0 Å². The maximum absolute atomic E-state index is 12.4. The fourth-order valence-electron chi connectivity index (χ4n) is 5.25. The van der Waals surface area contributed by atoms with Gasteiger partial charge in [0.25, 0.3) is 0 Å². The van der Waals surface area contributed by atoms with E-state index < -0.39 is 91.9 Å². The summed E-state index contributed by atoms with van der Waals surface area (Å²) in [6.45, 7) is 4.19. The summed E-state index contributed by atoms with van der Waals surface area (Å²) in [6, 6.07) is 9.17. The fourth-order valence-corrected chi connectivity index (χ4v) is 5.25. The summed E-state index contributed by atoms with van der Waals surface area (Å²) in [6.07, 6.45) is -11.2. The van der Waals surface area contributed by atoms with Crippen molar-refractivity contribution in [1.82, 2.24) is 5.32 Å². The Morgan fingerprint density at radius 2 is 1.42 bits per heavy atom. The third kappa shape index (κ3) is 15.4. The summed E-state index contributed by atoms with van der Waals surface area (Å²) in [4.78, 5) is 71.3. The highest BCUT2D eigenvalue weighted by Gasteiger charge is 2.53. The van der Waals surface area contributed by atoms with Gasteiger partial charge in [0.1, 0.15) is 32.0 Å². The molecule has 0 aromatic heterocycles. The number of hydrogen-bond acceptors (Lipinski definition) is 17. The van der Waals surface area contributed by atoms with Crippen molar-refractivity contribution in [2.24, 2.45) is 5.73 Å². The van der Waals surface area contributed by atoms with Gasteiger partial charge in [0, 0.05) is 47.1 Å². The topological polar surface area (TPSA) is 242 Å². The average Bonchev–Trinajstić information content (AvgIpc) is 3.07. The van der Waals surface area contributed by atoms with Crippen LogP contribution in [0.25, 0.3) is 0 Å². The van der Waals surface area contributed by atoms with Crippen molar-refractivity contribution < 1.29 is 80.9 Å². The molecule has 0 aliphatic carbocycles. The van der Waals surface area contributed by atoms with Gasteiger partial charge in [-0.15, -0.1) is 0 Å². The van der Waals surface area contributed by atoms with E-state index in [1.54, 1.807) is 0 Å². The first-order chi connectivity index (χ1) is 24.8. The monoisotopic (exact) mass is 742 g/mol. The lowest BCUT2D eigenvalue weighted by Gasteiger charge is -2.46. The number of primary amides is 1. The molecule has 0 spiro atoms. The Hall–Kier alpha value is -4.56. The molecule has 2 heterocycles. The van der Waals surface area contributed by atoms with Crippen molar-refractivity contribution >= 4 is 36.1 Å². The van der Waals surface area contributed by atoms with Crippen LogP contribution in [0.1, 0.15) is 46.1 Å². The standard InChI is InChI=1S/C33H46N2O17/c1-19(36)44-17-25-14-24(50-32(34)40)15-27(49-25)52-30-29(48-22(4)39)28(47-21(3)38)26(18-45-20(2)37)51-31(30)43-13-12-42-11-10-35-33(41)46-16-23-8-6-5-7-9-23/h5-9,24-31H,10-18H2,1-4H3,(H2,34,40)(H,35,41)/t24-,25+,26-,27+,28+,29-,30-,31+/m0/s1. The van der Waals surface area contributed by atoms with Crippen molar-refractivity contribution in [2.75, 3.05) is 39.6 Å². The zero-order valence-electron chi connectivity index (χ0n) is 29.4. The first-order valence-corrected chi connectivity index (χ1v) is 16.5. The molecular formula is C33H46N2O17. The van der Waals surface area contributed by atoms with Gasteiger partial charge in [-0.05, 0) is 5.56 Å². The number of carbonyl (C=O) groups excluding carboxylic acids is 6. The largest absolute Gasteiger partial charge is 0.463 e. The number of nitrogens with one attached hydrogen (secondary N) is 1. The summed E-state index contributed by atoms with van der Waals surface area (Å²) < 4.78 is 61.5. The molecule has 19 nitrogen and oxygen atoms in total. The van der Waals surface area contributed by atoms with E-state index in [1.165, 1.54) is 13.8 Å². The Morgan fingerprint density at radius 1 is 0.750 bits per heavy atom. The van der Waals surface area contributed by atoms with Gasteiger partial charge in [0.15, 0.2) is 30.9 Å². The van der Waals surface area contributed by atoms with Crippen LogP contribution in [-0.2, 0) is 77.9 Å². The van der Waals surface area contributed by atoms with E-state index in [4.69, 9.17) is 57.8 Å². The summed E-state index contributed by atoms with van der Waals surface area (Å²) in [5.74, 6) is -2.79. The molecule has 2 saturated heterocycles. The molecule has 1 aromatic rings. The Morgan fingerprint density at radius 3 is 2.08 bits per heavy atom. The van der Waals surface area contributed by atoms with Gasteiger partial charge in [-0.1, -0.05) is 30.3 Å². The fraction of sp³-hybridized carbons (Fsp3) is 0.636. The minimum absolute atomic E-state index is 0.00748. The Balaban J connectivity index is 1.72. The SMILES string of the molecule is CC(=O)OC[C@H]1C[C@H](OC(N)=O)C[C@@H](O[C@@H]2[C@H](OCCOCCNC(=O)OCc3ccccc3)O[C@@H](COC(C)=O)[C@@H](OC(C)=O)[C@@H]2OC(C)=O)O1. The van der Waals surface area contributed by atoms with E-state index in [0.717, 1.165) is 19.4 Å². The lowest BCUT2D eigenvalue weighted by atomic mass is 9.97. The quantitative estimate of drug-likeness (QED) is 0.121. The van der Waals surface area contributed by atoms with Crippen LogP contribution >= 0.6 is 0 Å². The summed E-state index contributed by atoms with van der Waals surface area (Å²) >= 11 is 0. The van der Waals surface area contributed by atoms with Gasteiger partial charge in [0.05, 0.1) is 25.9 Å². The zero-order valence-corrected chi connectivity index (χ0v) is 29.4. The molecule has 8 atom stereocenters. The molecule has 2 aliphatic heterocycles. The van der Waals surface area contributed by atoms with E-state index in [0.29, 0.717) is 0 Å². The lowest BCUT2D eigenvalue weighted by Crippen LogP contribution is -2.63. The predicted octanol–water partition coefficient (Wildman–Crippen LogP) is 1.01. The van der Waals surface area contributed by atoms with Gasteiger partial charge in [-0.25, -0.2) is 9.59 Å². The van der Waals surface area contributed by atoms with Crippen LogP contribution in [0.5, 0.6) is 0 Å². The first-order valence-electron chi connectivity index (χ1n) is 16.5. The highest BCUT2D eigenvalue weighted by molar-refractivity contribution is 5.68. The number of alkyl carbamates (subject to hydrolysis) is 1. The second kappa shape index (κ2) is 21.7. The number of amides is 2. The highest BCUT2D eigenvalue weighted by atomic mass is 16.8. The minimum atomic E-state index is -1.40. The number of ether oxygens (including phenoxy) is 11. The van der Waals surface area contributed by atoms with Gasteiger partial charge in [-0.2, -0.15) is 0 Å². The van der Waals surface area contributed by atoms with Crippen molar-refractivity contribution in [2.45, 2.75) is 96.3 Å². The lowest BCUT2D eigenvalue weighted by molar-refractivity contribution is -0.347. The molecule has 52 heavy (non-hydrogen) atoms. The third-order valence-corrected chi connectivity index (χ3v) is 7.27. The molecule has 2 fully saturated rings. The van der Waals surface area contributed by atoms with Gasteiger partial charge in [-0.3, -0.25) is 19.2 Å². The smallest absolute Gasteiger partial charge is 0.407 e. The van der Waals surface area contributed by atoms with Gasteiger partial charge in [0.2, 0.25) is 0 Å². The van der Waals surface area contributed by atoms with Gasteiger partial charge < -0.3 is 63.2 Å².